The van der Waals surface area contributed by atoms with Gasteiger partial charge in [-0.3, -0.25) is 9.10 Å². The van der Waals surface area contributed by atoms with Crippen molar-refractivity contribution in [1.82, 2.24) is 5.32 Å². The number of aryl methyl sites for hydroxylation is 2. The smallest absolute Gasteiger partial charge is 0.264 e. The number of amides is 1. The van der Waals surface area contributed by atoms with Crippen LogP contribution >= 0.6 is 11.6 Å². The zero-order chi connectivity index (χ0) is 21.7. The lowest BCUT2D eigenvalue weighted by atomic mass is 10.1. The molecule has 0 aliphatic rings. The number of nitrogens with zero attached hydrogens (tertiary/aromatic N) is 1. The summed E-state index contributed by atoms with van der Waals surface area (Å²) in [6, 6.07) is 20.7. The van der Waals surface area contributed by atoms with Gasteiger partial charge in [0, 0.05) is 11.6 Å². The number of benzene rings is 3. The largest absolute Gasteiger partial charge is 0.350 e. The first kappa shape index (κ1) is 21.9. The number of hydrogen-bond donors (Lipinski definition) is 1. The van der Waals surface area contributed by atoms with Gasteiger partial charge in [-0.15, -0.1) is 0 Å². The minimum absolute atomic E-state index is 0.135. The Hall–Kier alpha value is -2.83. The van der Waals surface area contributed by atoms with Crippen LogP contribution in [0.4, 0.5) is 5.69 Å². The van der Waals surface area contributed by atoms with Crippen LogP contribution in [-0.2, 0) is 21.4 Å². The van der Waals surface area contributed by atoms with Crippen LogP contribution in [0.2, 0.25) is 5.02 Å². The quantitative estimate of drug-likeness (QED) is 0.587. The third kappa shape index (κ3) is 5.20. The molecule has 0 saturated carbocycles. The summed E-state index contributed by atoms with van der Waals surface area (Å²) in [6.07, 6.45) is 0. The number of sulfonamides is 1. The predicted octanol–water partition coefficient (Wildman–Crippen LogP) is 4.47. The molecule has 0 heterocycles. The van der Waals surface area contributed by atoms with Crippen LogP contribution < -0.4 is 9.62 Å². The summed E-state index contributed by atoms with van der Waals surface area (Å²) in [5, 5.41) is 3.40. The summed E-state index contributed by atoms with van der Waals surface area (Å²) in [6.45, 7) is 3.73. The molecule has 0 saturated heterocycles. The van der Waals surface area contributed by atoms with Gasteiger partial charge in [0.1, 0.15) is 6.54 Å². The Morgan fingerprint density at radius 3 is 2.27 bits per heavy atom. The van der Waals surface area contributed by atoms with E-state index in [-0.39, 0.29) is 18.0 Å². The van der Waals surface area contributed by atoms with Gasteiger partial charge in [-0.05, 0) is 55.3 Å². The van der Waals surface area contributed by atoms with E-state index in [9.17, 15) is 13.2 Å². The lowest BCUT2D eigenvalue weighted by Crippen LogP contribution is -2.41. The molecule has 30 heavy (non-hydrogen) atoms. The molecule has 156 valence electrons. The van der Waals surface area contributed by atoms with Gasteiger partial charge in [-0.2, -0.15) is 0 Å². The molecule has 0 radical (unpaired) electrons. The summed E-state index contributed by atoms with van der Waals surface area (Å²) in [5.74, 6) is -0.399. The standard InChI is InChI=1S/C23H23ClN2O3S/c1-17-8-13-22(18(2)14-17)26(30(28,29)21-6-4-3-5-7-21)16-23(27)25-15-19-9-11-20(24)12-10-19/h3-14H,15-16H2,1-2H3,(H,25,27). The van der Waals surface area contributed by atoms with Crippen LogP contribution in [0.5, 0.6) is 0 Å². The summed E-state index contributed by atoms with van der Waals surface area (Å²) in [7, 11) is -3.92. The zero-order valence-corrected chi connectivity index (χ0v) is 18.4. The van der Waals surface area contributed by atoms with E-state index in [2.05, 4.69) is 5.32 Å². The van der Waals surface area contributed by atoms with Crippen molar-refractivity contribution < 1.29 is 13.2 Å². The number of halogens is 1. The van der Waals surface area contributed by atoms with Crippen LogP contribution in [0, 0.1) is 13.8 Å². The second kappa shape index (κ2) is 9.32. The molecule has 0 aliphatic heterocycles. The molecule has 0 atom stereocenters. The van der Waals surface area contributed by atoms with Crippen molar-refractivity contribution in [3.63, 3.8) is 0 Å². The first-order chi connectivity index (χ1) is 14.3. The molecule has 3 rings (SSSR count). The summed E-state index contributed by atoms with van der Waals surface area (Å²) >= 11 is 5.88. The molecule has 0 bridgehead atoms. The average molecular weight is 443 g/mol. The number of anilines is 1. The second-order valence-corrected chi connectivity index (χ2v) is 9.32. The van der Waals surface area contributed by atoms with E-state index in [1.54, 1.807) is 36.4 Å². The third-order valence-electron chi connectivity index (χ3n) is 4.64. The maximum atomic E-state index is 13.3. The molecule has 3 aromatic rings. The fourth-order valence-corrected chi connectivity index (χ4v) is 4.73. The van der Waals surface area contributed by atoms with Gasteiger partial charge in [-0.25, -0.2) is 8.42 Å². The van der Waals surface area contributed by atoms with E-state index in [1.807, 2.05) is 38.1 Å². The first-order valence-corrected chi connectivity index (χ1v) is 11.3. The van der Waals surface area contributed by atoms with Crippen LogP contribution in [-0.4, -0.2) is 20.9 Å². The fraction of sp³-hybridized carbons (Fsp3) is 0.174. The van der Waals surface area contributed by atoms with Crippen LogP contribution in [0.1, 0.15) is 16.7 Å². The highest BCUT2D eigenvalue weighted by Gasteiger charge is 2.28. The van der Waals surface area contributed by atoms with Gasteiger partial charge >= 0.3 is 0 Å². The Labute approximate surface area is 182 Å². The fourth-order valence-electron chi connectivity index (χ4n) is 3.09. The molecule has 0 aliphatic carbocycles. The monoisotopic (exact) mass is 442 g/mol. The van der Waals surface area contributed by atoms with Gasteiger partial charge in [0.25, 0.3) is 10.0 Å². The molecule has 5 nitrogen and oxygen atoms in total. The minimum Gasteiger partial charge on any atom is -0.350 e. The topological polar surface area (TPSA) is 66.5 Å². The predicted molar refractivity (Wildman–Crippen MR) is 120 cm³/mol. The molecule has 7 heteroatoms. The van der Waals surface area contributed by atoms with Crippen molar-refractivity contribution in [2.75, 3.05) is 10.8 Å². The van der Waals surface area contributed by atoms with E-state index >= 15 is 0 Å². The molecule has 0 fully saturated rings. The number of hydrogen-bond acceptors (Lipinski definition) is 3. The number of carbonyl (C=O) groups is 1. The molecule has 0 aromatic heterocycles. The lowest BCUT2D eigenvalue weighted by Gasteiger charge is -2.26. The summed E-state index contributed by atoms with van der Waals surface area (Å²) in [4.78, 5) is 12.8. The molecule has 1 amide bonds. The van der Waals surface area contributed by atoms with Gasteiger partial charge in [-0.1, -0.05) is 59.6 Å². The first-order valence-electron chi connectivity index (χ1n) is 9.43. The lowest BCUT2D eigenvalue weighted by molar-refractivity contribution is -0.119. The third-order valence-corrected chi connectivity index (χ3v) is 6.67. The van der Waals surface area contributed by atoms with E-state index < -0.39 is 15.9 Å². The highest BCUT2D eigenvalue weighted by Crippen LogP contribution is 2.27. The van der Waals surface area contributed by atoms with E-state index in [0.717, 1.165) is 21.0 Å². The molecular formula is C23H23ClN2O3S. The van der Waals surface area contributed by atoms with Crippen molar-refractivity contribution in [1.29, 1.82) is 0 Å². The zero-order valence-electron chi connectivity index (χ0n) is 16.8. The Morgan fingerprint density at radius 2 is 1.63 bits per heavy atom. The maximum absolute atomic E-state index is 13.3. The highest BCUT2D eigenvalue weighted by atomic mass is 35.5. The van der Waals surface area contributed by atoms with Gasteiger partial charge in [0.05, 0.1) is 10.6 Å². The van der Waals surface area contributed by atoms with Gasteiger partial charge in [0.15, 0.2) is 0 Å². The van der Waals surface area contributed by atoms with Crippen molar-refractivity contribution in [2.24, 2.45) is 0 Å². The number of carbonyl (C=O) groups excluding carboxylic acids is 1. The molecular weight excluding hydrogens is 420 g/mol. The molecule has 3 aromatic carbocycles. The van der Waals surface area contributed by atoms with Crippen molar-refractivity contribution in [3.8, 4) is 0 Å². The van der Waals surface area contributed by atoms with Crippen LogP contribution in [0.3, 0.4) is 0 Å². The second-order valence-electron chi connectivity index (χ2n) is 7.02. The summed E-state index contributed by atoms with van der Waals surface area (Å²) < 4.78 is 27.9. The minimum atomic E-state index is -3.92. The molecule has 1 N–H and O–H groups in total. The Bertz CT molecular complexity index is 1130. The molecule has 0 unspecified atom stereocenters. The SMILES string of the molecule is Cc1ccc(N(CC(=O)NCc2ccc(Cl)cc2)S(=O)(=O)c2ccccc2)c(C)c1. The van der Waals surface area contributed by atoms with Crippen molar-refractivity contribution in [2.45, 2.75) is 25.3 Å². The number of nitrogens with one attached hydrogen (secondary N) is 1. The molecule has 0 spiro atoms. The maximum Gasteiger partial charge on any atom is 0.264 e. The Balaban J connectivity index is 1.87. The van der Waals surface area contributed by atoms with Gasteiger partial charge < -0.3 is 5.32 Å². The van der Waals surface area contributed by atoms with Crippen molar-refractivity contribution >= 4 is 33.2 Å². The number of rotatable bonds is 7. The normalized spacial score (nSPS) is 11.2. The Kier molecular flexibility index (Phi) is 6.80. The van der Waals surface area contributed by atoms with E-state index in [1.165, 1.54) is 12.1 Å². The van der Waals surface area contributed by atoms with E-state index in [4.69, 9.17) is 11.6 Å². The average Bonchev–Trinajstić information content (AvgIpc) is 2.73. The van der Waals surface area contributed by atoms with Gasteiger partial charge in [0.2, 0.25) is 5.91 Å². The van der Waals surface area contributed by atoms with Crippen LogP contribution in [0.15, 0.2) is 77.7 Å². The van der Waals surface area contributed by atoms with Crippen LogP contribution in [0.25, 0.3) is 0 Å². The Morgan fingerprint density at radius 1 is 0.967 bits per heavy atom. The van der Waals surface area contributed by atoms with Crippen molar-refractivity contribution in [3.05, 3.63) is 94.5 Å². The highest BCUT2D eigenvalue weighted by molar-refractivity contribution is 7.92. The summed E-state index contributed by atoms with van der Waals surface area (Å²) in [5.41, 5.74) is 3.14. The van der Waals surface area contributed by atoms with E-state index in [0.29, 0.717) is 10.7 Å².